The van der Waals surface area contributed by atoms with Gasteiger partial charge in [0.25, 0.3) is 0 Å². The minimum absolute atomic E-state index is 0.402. The van der Waals surface area contributed by atoms with Crippen molar-refractivity contribution in [3.05, 3.63) is 23.5 Å². The molecule has 94 valence electrons. The Kier molecular flexibility index (Phi) is 3.62. The van der Waals surface area contributed by atoms with Gasteiger partial charge in [-0.3, -0.25) is 4.98 Å². The summed E-state index contributed by atoms with van der Waals surface area (Å²) < 4.78 is 0. The summed E-state index contributed by atoms with van der Waals surface area (Å²) in [6.07, 6.45) is 4.49. The SMILES string of the molecule is Cc1cc(N2CCCC(C)(C)C2)c(CCl)cn1. The van der Waals surface area contributed by atoms with E-state index in [4.69, 9.17) is 11.6 Å². The Hall–Kier alpha value is -0.760. The van der Waals surface area contributed by atoms with Crippen LogP contribution < -0.4 is 4.90 Å². The lowest BCUT2D eigenvalue weighted by Crippen LogP contribution is -2.40. The van der Waals surface area contributed by atoms with E-state index in [9.17, 15) is 0 Å². The highest BCUT2D eigenvalue weighted by Gasteiger charge is 2.27. The molecule has 3 heteroatoms. The van der Waals surface area contributed by atoms with Crippen LogP contribution in [0.4, 0.5) is 5.69 Å². The van der Waals surface area contributed by atoms with Crippen LogP contribution >= 0.6 is 11.6 Å². The summed E-state index contributed by atoms with van der Waals surface area (Å²) in [7, 11) is 0. The number of anilines is 1. The largest absolute Gasteiger partial charge is 0.371 e. The Morgan fingerprint density at radius 3 is 2.88 bits per heavy atom. The molecular formula is C14H21ClN2. The second-order valence-electron chi connectivity index (χ2n) is 5.78. The Labute approximate surface area is 109 Å². The van der Waals surface area contributed by atoms with Gasteiger partial charge in [-0.25, -0.2) is 0 Å². The fourth-order valence-electron chi connectivity index (χ4n) is 2.60. The van der Waals surface area contributed by atoms with Crippen LogP contribution in [0.15, 0.2) is 12.3 Å². The zero-order chi connectivity index (χ0) is 12.5. The van der Waals surface area contributed by atoms with E-state index in [-0.39, 0.29) is 0 Å². The highest BCUT2D eigenvalue weighted by molar-refractivity contribution is 6.17. The number of hydrogen-bond donors (Lipinski definition) is 0. The van der Waals surface area contributed by atoms with E-state index in [1.165, 1.54) is 18.5 Å². The number of aromatic nitrogens is 1. The highest BCUT2D eigenvalue weighted by atomic mass is 35.5. The molecule has 0 radical (unpaired) electrons. The van der Waals surface area contributed by atoms with Gasteiger partial charge in [-0.2, -0.15) is 0 Å². The molecular weight excluding hydrogens is 232 g/mol. The molecule has 1 saturated heterocycles. The molecule has 2 heterocycles. The van der Waals surface area contributed by atoms with Crippen molar-refractivity contribution in [2.24, 2.45) is 5.41 Å². The van der Waals surface area contributed by atoms with Gasteiger partial charge in [0, 0.05) is 36.2 Å². The van der Waals surface area contributed by atoms with Gasteiger partial charge in [0.05, 0.1) is 5.88 Å². The lowest BCUT2D eigenvalue weighted by atomic mass is 9.84. The molecule has 0 spiro atoms. The van der Waals surface area contributed by atoms with Gasteiger partial charge >= 0.3 is 0 Å². The maximum Gasteiger partial charge on any atom is 0.0509 e. The number of hydrogen-bond acceptors (Lipinski definition) is 2. The van der Waals surface area contributed by atoms with Gasteiger partial charge in [0.1, 0.15) is 0 Å². The van der Waals surface area contributed by atoms with E-state index in [1.807, 2.05) is 13.1 Å². The summed E-state index contributed by atoms with van der Waals surface area (Å²) in [5.74, 6) is 0.541. The Morgan fingerprint density at radius 1 is 1.47 bits per heavy atom. The number of pyridine rings is 1. The van der Waals surface area contributed by atoms with E-state index in [1.54, 1.807) is 0 Å². The van der Waals surface area contributed by atoms with Crippen molar-refractivity contribution in [2.45, 2.75) is 39.5 Å². The van der Waals surface area contributed by atoms with Crippen molar-refractivity contribution in [3.8, 4) is 0 Å². The van der Waals surface area contributed by atoms with Crippen molar-refractivity contribution in [1.29, 1.82) is 0 Å². The number of nitrogens with zero attached hydrogens (tertiary/aromatic N) is 2. The van der Waals surface area contributed by atoms with Crippen LogP contribution in [0.1, 0.15) is 37.9 Å². The molecule has 0 amide bonds. The summed E-state index contributed by atoms with van der Waals surface area (Å²) in [6, 6.07) is 2.17. The molecule has 1 aliphatic rings. The maximum absolute atomic E-state index is 6.01. The second-order valence-corrected chi connectivity index (χ2v) is 6.04. The summed E-state index contributed by atoms with van der Waals surface area (Å²) in [4.78, 5) is 6.80. The first-order chi connectivity index (χ1) is 8.02. The van der Waals surface area contributed by atoms with Crippen LogP contribution in [-0.2, 0) is 5.88 Å². The zero-order valence-corrected chi connectivity index (χ0v) is 11.7. The summed E-state index contributed by atoms with van der Waals surface area (Å²) in [5, 5.41) is 0. The predicted molar refractivity (Wildman–Crippen MR) is 73.8 cm³/mol. The molecule has 2 rings (SSSR count). The summed E-state index contributed by atoms with van der Waals surface area (Å²) in [5.41, 5.74) is 3.89. The quantitative estimate of drug-likeness (QED) is 0.746. The van der Waals surface area contributed by atoms with Crippen LogP contribution in [0.3, 0.4) is 0 Å². The maximum atomic E-state index is 6.01. The first-order valence-electron chi connectivity index (χ1n) is 6.28. The summed E-state index contributed by atoms with van der Waals surface area (Å²) in [6.45, 7) is 8.97. The van der Waals surface area contributed by atoms with Gasteiger partial charge in [-0.1, -0.05) is 13.8 Å². The molecule has 0 aromatic carbocycles. The molecule has 0 unspecified atom stereocenters. The van der Waals surface area contributed by atoms with Crippen LogP contribution in [0.25, 0.3) is 0 Å². The molecule has 0 bridgehead atoms. The third-order valence-electron chi connectivity index (χ3n) is 3.48. The molecule has 1 aliphatic heterocycles. The van der Waals surface area contributed by atoms with Crippen molar-refractivity contribution in [3.63, 3.8) is 0 Å². The average molecular weight is 253 g/mol. The fourth-order valence-corrected chi connectivity index (χ4v) is 2.81. The number of rotatable bonds is 2. The zero-order valence-electron chi connectivity index (χ0n) is 11.0. The molecule has 2 nitrogen and oxygen atoms in total. The minimum Gasteiger partial charge on any atom is -0.371 e. The van der Waals surface area contributed by atoms with E-state index < -0.39 is 0 Å². The molecule has 0 atom stereocenters. The van der Waals surface area contributed by atoms with E-state index in [0.717, 1.165) is 24.3 Å². The van der Waals surface area contributed by atoms with Crippen molar-refractivity contribution >= 4 is 17.3 Å². The smallest absolute Gasteiger partial charge is 0.0509 e. The summed E-state index contributed by atoms with van der Waals surface area (Å²) >= 11 is 6.01. The van der Waals surface area contributed by atoms with Crippen LogP contribution in [0.5, 0.6) is 0 Å². The first kappa shape index (κ1) is 12.7. The Morgan fingerprint density at radius 2 is 2.24 bits per heavy atom. The molecule has 0 saturated carbocycles. The molecule has 0 aliphatic carbocycles. The molecule has 0 N–H and O–H groups in total. The third kappa shape index (κ3) is 2.92. The van der Waals surface area contributed by atoms with E-state index >= 15 is 0 Å². The third-order valence-corrected chi connectivity index (χ3v) is 3.77. The lowest BCUT2D eigenvalue weighted by molar-refractivity contribution is 0.293. The van der Waals surface area contributed by atoms with Crippen LogP contribution in [0, 0.1) is 12.3 Å². The first-order valence-corrected chi connectivity index (χ1v) is 6.82. The van der Waals surface area contributed by atoms with Crippen molar-refractivity contribution < 1.29 is 0 Å². The topological polar surface area (TPSA) is 16.1 Å². The standard InChI is InChI=1S/C14H21ClN2/c1-11-7-13(12(8-15)9-16-11)17-6-4-5-14(2,3)10-17/h7,9H,4-6,8,10H2,1-3H3. The normalized spacial score (nSPS) is 19.4. The van der Waals surface area contributed by atoms with Gasteiger partial charge < -0.3 is 4.90 Å². The van der Waals surface area contributed by atoms with Gasteiger partial charge in [-0.05, 0) is 31.2 Å². The highest BCUT2D eigenvalue weighted by Crippen LogP contribution is 2.33. The van der Waals surface area contributed by atoms with Crippen molar-refractivity contribution in [2.75, 3.05) is 18.0 Å². The number of aryl methyl sites for hydroxylation is 1. The van der Waals surface area contributed by atoms with Crippen LogP contribution in [-0.4, -0.2) is 18.1 Å². The van der Waals surface area contributed by atoms with E-state index in [0.29, 0.717) is 11.3 Å². The Balaban J connectivity index is 2.29. The van der Waals surface area contributed by atoms with Gasteiger partial charge in [-0.15, -0.1) is 11.6 Å². The number of alkyl halides is 1. The number of halogens is 1. The van der Waals surface area contributed by atoms with Crippen LogP contribution in [0.2, 0.25) is 0 Å². The number of piperidine rings is 1. The Bertz CT molecular complexity index is 401. The molecule has 1 fully saturated rings. The monoisotopic (exact) mass is 252 g/mol. The van der Waals surface area contributed by atoms with Crippen molar-refractivity contribution in [1.82, 2.24) is 4.98 Å². The van der Waals surface area contributed by atoms with Gasteiger partial charge in [0.15, 0.2) is 0 Å². The molecule has 17 heavy (non-hydrogen) atoms. The van der Waals surface area contributed by atoms with Gasteiger partial charge in [0.2, 0.25) is 0 Å². The lowest BCUT2D eigenvalue weighted by Gasteiger charge is -2.40. The second kappa shape index (κ2) is 4.85. The fraction of sp³-hybridized carbons (Fsp3) is 0.643. The predicted octanol–water partition coefficient (Wildman–Crippen LogP) is 3.76. The molecule has 1 aromatic rings. The minimum atomic E-state index is 0.402. The van der Waals surface area contributed by atoms with E-state index in [2.05, 4.69) is 29.8 Å². The average Bonchev–Trinajstić information content (AvgIpc) is 2.27. The molecule has 1 aromatic heterocycles.